The summed E-state index contributed by atoms with van der Waals surface area (Å²) in [6.07, 6.45) is 1.32. The average Bonchev–Trinajstić information content (AvgIpc) is 2.22. The van der Waals surface area contributed by atoms with Crippen LogP contribution in [0.4, 0.5) is 0 Å². The Morgan fingerprint density at radius 1 is 0.938 bits per heavy atom. The van der Waals surface area contributed by atoms with Gasteiger partial charge >= 0.3 is 0 Å². The Balaban J connectivity index is 4.86. The predicted molar refractivity (Wildman–Crippen MR) is 78.4 cm³/mol. The van der Waals surface area contributed by atoms with E-state index in [0.29, 0.717) is 0 Å². The molecule has 0 aliphatic rings. The third kappa shape index (κ3) is 4.34. The third-order valence-corrected chi connectivity index (χ3v) is 6.18. The second-order valence-electron chi connectivity index (χ2n) is 5.57. The maximum atomic E-state index is 2.77. The van der Waals surface area contributed by atoms with Gasteiger partial charge in [-0.15, -0.1) is 0 Å². The van der Waals surface area contributed by atoms with Crippen LogP contribution in [-0.2, 0) is 0 Å². The smallest absolute Gasteiger partial charge is 0.0185 e. The fourth-order valence-corrected chi connectivity index (χ4v) is 4.26. The van der Waals surface area contributed by atoms with E-state index < -0.39 is 0 Å². The molecule has 0 amide bonds. The molecule has 0 N–H and O–H groups in total. The van der Waals surface area contributed by atoms with Crippen LogP contribution in [0.5, 0.6) is 0 Å². The second-order valence-corrected chi connectivity index (χ2v) is 8.03. The van der Waals surface area contributed by atoms with E-state index in [4.69, 9.17) is 0 Å². The van der Waals surface area contributed by atoms with Crippen LogP contribution in [0.3, 0.4) is 0 Å². The van der Waals surface area contributed by atoms with Gasteiger partial charge in [0.05, 0.1) is 0 Å². The van der Waals surface area contributed by atoms with Crippen LogP contribution in [-0.4, -0.2) is 30.1 Å². The van der Waals surface area contributed by atoms with E-state index >= 15 is 0 Å². The first-order valence-corrected chi connectivity index (χ1v) is 8.77. The minimum atomic E-state index is 0.0624. The first-order valence-electron chi connectivity index (χ1n) is 6.84. The quantitative estimate of drug-likeness (QED) is 0.589. The maximum Gasteiger partial charge on any atom is 0.0185 e. The fourth-order valence-electron chi connectivity index (χ4n) is 2.48. The Labute approximate surface area is 105 Å². The largest absolute Gasteiger partial charge is 0.279 e. The summed E-state index contributed by atoms with van der Waals surface area (Å²) in [5.41, 5.74) is 0. The zero-order chi connectivity index (χ0) is 12.9. The van der Waals surface area contributed by atoms with E-state index in [0.717, 1.165) is 23.8 Å². The normalized spacial score (nSPS) is 18.2. The van der Waals surface area contributed by atoms with E-state index in [1.165, 1.54) is 12.7 Å². The lowest BCUT2D eigenvalue weighted by Gasteiger charge is -2.42. The number of hydrogen-bond acceptors (Lipinski definition) is 1. The molecule has 0 spiro atoms. The Bertz CT molecular complexity index is 180. The molecule has 0 rings (SSSR count). The maximum absolute atomic E-state index is 2.77. The molecule has 2 heteroatoms. The molecule has 16 heavy (non-hydrogen) atoms. The van der Waals surface area contributed by atoms with Gasteiger partial charge in [0, 0.05) is 6.04 Å². The third-order valence-electron chi connectivity index (χ3n) is 3.84. The molecule has 98 valence electrons. The lowest BCUT2D eigenvalue weighted by Crippen LogP contribution is -2.42. The molecule has 3 atom stereocenters. The number of nitrogens with zero attached hydrogens (tertiary/aromatic N) is 1. The topological polar surface area (TPSA) is 3.24 Å². The molecule has 0 saturated carbocycles. The highest BCUT2D eigenvalue weighted by Crippen LogP contribution is 2.42. The minimum Gasteiger partial charge on any atom is -0.279 e. The highest BCUT2D eigenvalue weighted by atomic mass is 31.1. The summed E-state index contributed by atoms with van der Waals surface area (Å²) in [4.78, 5) is 0. The van der Waals surface area contributed by atoms with Crippen molar-refractivity contribution in [1.82, 2.24) is 4.67 Å². The summed E-state index contributed by atoms with van der Waals surface area (Å²) in [5.74, 6) is 2.33. The van der Waals surface area contributed by atoms with Crippen molar-refractivity contribution in [3.8, 4) is 0 Å². The predicted octanol–water partition coefficient (Wildman–Crippen LogP) is 4.67. The molecule has 0 aliphatic heterocycles. The molecule has 3 unspecified atom stereocenters. The molecule has 0 bridgehead atoms. The summed E-state index contributed by atoms with van der Waals surface area (Å²) in [7, 11) is 0.0624. The SMILES string of the molecule is CCN(C(C(C)C)C(C)C(C)C)P(C)CC. The van der Waals surface area contributed by atoms with Crippen LogP contribution in [0, 0.1) is 17.8 Å². The van der Waals surface area contributed by atoms with E-state index in [-0.39, 0.29) is 8.07 Å². The monoisotopic (exact) mass is 245 g/mol. The highest BCUT2D eigenvalue weighted by Gasteiger charge is 2.30. The summed E-state index contributed by atoms with van der Waals surface area (Å²) < 4.78 is 2.77. The minimum absolute atomic E-state index is 0.0624. The van der Waals surface area contributed by atoms with Crippen LogP contribution in [0.1, 0.15) is 48.5 Å². The van der Waals surface area contributed by atoms with E-state index in [9.17, 15) is 0 Å². The van der Waals surface area contributed by atoms with Crippen LogP contribution in [0.15, 0.2) is 0 Å². The Hall–Kier alpha value is 0.390. The van der Waals surface area contributed by atoms with Gasteiger partial charge in [-0.3, -0.25) is 4.67 Å². The van der Waals surface area contributed by atoms with Crippen molar-refractivity contribution < 1.29 is 0 Å². The van der Waals surface area contributed by atoms with Crippen LogP contribution < -0.4 is 0 Å². The van der Waals surface area contributed by atoms with Crippen LogP contribution in [0.25, 0.3) is 0 Å². The van der Waals surface area contributed by atoms with E-state index in [1.807, 2.05) is 0 Å². The zero-order valence-electron chi connectivity index (χ0n) is 12.6. The number of hydrogen-bond donors (Lipinski definition) is 0. The van der Waals surface area contributed by atoms with Gasteiger partial charge in [-0.25, -0.2) is 0 Å². The van der Waals surface area contributed by atoms with Gasteiger partial charge in [0.2, 0.25) is 0 Å². The van der Waals surface area contributed by atoms with E-state index in [1.54, 1.807) is 0 Å². The lowest BCUT2D eigenvalue weighted by atomic mass is 9.84. The molecule has 0 heterocycles. The van der Waals surface area contributed by atoms with Gasteiger partial charge < -0.3 is 0 Å². The van der Waals surface area contributed by atoms with Crippen molar-refractivity contribution in [2.75, 3.05) is 19.4 Å². The Morgan fingerprint density at radius 2 is 1.44 bits per heavy atom. The van der Waals surface area contributed by atoms with Crippen molar-refractivity contribution in [3.05, 3.63) is 0 Å². The van der Waals surface area contributed by atoms with Gasteiger partial charge in [-0.05, 0) is 45.2 Å². The Kier molecular flexibility index (Phi) is 7.85. The zero-order valence-corrected chi connectivity index (χ0v) is 13.5. The van der Waals surface area contributed by atoms with Gasteiger partial charge in [-0.1, -0.05) is 48.5 Å². The molecule has 0 aromatic carbocycles. The molecule has 0 aliphatic carbocycles. The Morgan fingerprint density at radius 3 is 1.69 bits per heavy atom. The van der Waals surface area contributed by atoms with Gasteiger partial charge in [0.25, 0.3) is 0 Å². The number of rotatable bonds is 7. The van der Waals surface area contributed by atoms with Gasteiger partial charge in [0.15, 0.2) is 0 Å². The van der Waals surface area contributed by atoms with Crippen molar-refractivity contribution >= 4 is 8.07 Å². The summed E-state index contributed by atoms with van der Waals surface area (Å²) >= 11 is 0. The van der Waals surface area contributed by atoms with Crippen molar-refractivity contribution in [3.63, 3.8) is 0 Å². The van der Waals surface area contributed by atoms with Crippen LogP contribution in [0.2, 0.25) is 0 Å². The van der Waals surface area contributed by atoms with Crippen molar-refractivity contribution in [2.45, 2.75) is 54.5 Å². The van der Waals surface area contributed by atoms with Crippen molar-refractivity contribution in [2.24, 2.45) is 17.8 Å². The second kappa shape index (κ2) is 7.67. The molecule has 0 fully saturated rings. The first-order chi connectivity index (χ1) is 7.36. The van der Waals surface area contributed by atoms with E-state index in [2.05, 4.69) is 59.8 Å². The molecular weight excluding hydrogens is 213 g/mol. The summed E-state index contributed by atoms with van der Waals surface area (Å²) in [5, 5.41) is 0. The molecule has 0 aromatic heterocycles. The van der Waals surface area contributed by atoms with Crippen LogP contribution >= 0.6 is 8.07 Å². The van der Waals surface area contributed by atoms with Gasteiger partial charge in [-0.2, -0.15) is 0 Å². The molecule has 0 aromatic rings. The summed E-state index contributed by atoms with van der Waals surface area (Å²) in [6.45, 7) is 20.2. The fraction of sp³-hybridized carbons (Fsp3) is 1.00. The lowest BCUT2D eigenvalue weighted by molar-refractivity contribution is 0.170. The molecule has 0 saturated heterocycles. The van der Waals surface area contributed by atoms with Crippen molar-refractivity contribution in [1.29, 1.82) is 0 Å². The average molecular weight is 245 g/mol. The first kappa shape index (κ1) is 16.4. The highest BCUT2D eigenvalue weighted by molar-refractivity contribution is 7.54. The molecular formula is C14H32NP. The standard InChI is InChI=1S/C14H32NP/c1-9-15(16(8)10-2)14(12(5)6)13(7)11(3)4/h11-14H,9-10H2,1-8H3. The molecule has 1 nitrogen and oxygen atoms in total. The summed E-state index contributed by atoms with van der Waals surface area (Å²) in [6, 6.07) is 0.751. The van der Waals surface area contributed by atoms with Gasteiger partial charge in [0.1, 0.15) is 0 Å². The molecule has 0 radical (unpaired) electrons.